The summed E-state index contributed by atoms with van der Waals surface area (Å²) in [5, 5.41) is 7.19. The Hall–Kier alpha value is -2.30. The van der Waals surface area contributed by atoms with Crippen molar-refractivity contribution in [2.45, 2.75) is 42.0 Å². The lowest BCUT2D eigenvalue weighted by Crippen LogP contribution is -2.38. The Morgan fingerprint density at radius 1 is 1.19 bits per heavy atom. The molecule has 0 saturated carbocycles. The first-order chi connectivity index (χ1) is 17.5. The molecule has 3 aromatic rings. The van der Waals surface area contributed by atoms with Crippen LogP contribution in [0, 0.1) is 0 Å². The lowest BCUT2D eigenvalue weighted by atomic mass is 10.1. The van der Waals surface area contributed by atoms with Gasteiger partial charge in [0.05, 0.1) is 16.3 Å². The summed E-state index contributed by atoms with van der Waals surface area (Å²) < 4.78 is 15.8. The number of benzene rings is 2. The Kier molecular flexibility index (Phi) is 10.4. The number of unbranched alkanes of at least 4 members (excludes halogenated alkanes) is 1. The van der Waals surface area contributed by atoms with E-state index < -0.39 is 11.0 Å². The van der Waals surface area contributed by atoms with Crippen LogP contribution in [0.4, 0.5) is 11.4 Å². The summed E-state index contributed by atoms with van der Waals surface area (Å²) in [7, 11) is 1.56. The molecule has 2 unspecified atom stereocenters. The van der Waals surface area contributed by atoms with E-state index in [0.29, 0.717) is 16.9 Å². The Morgan fingerprint density at radius 3 is 2.56 bits per heavy atom. The van der Waals surface area contributed by atoms with E-state index in [0.717, 1.165) is 54.8 Å². The van der Waals surface area contributed by atoms with Crippen LogP contribution >= 0.6 is 23.4 Å². The van der Waals surface area contributed by atoms with Gasteiger partial charge in [-0.2, -0.15) is 0 Å². The number of carbonyl (C=O) groups excluding carboxylic acids is 1. The first-order valence-corrected chi connectivity index (χ1v) is 14.3. The fourth-order valence-corrected chi connectivity index (χ4v) is 6.30. The molecule has 4 rings (SSSR count). The Bertz CT molecular complexity index is 1210. The topological polar surface area (TPSA) is 86.6 Å². The molecule has 0 amide bonds. The molecule has 7 nitrogen and oxygen atoms in total. The fourth-order valence-electron chi connectivity index (χ4n) is 4.17. The summed E-state index contributed by atoms with van der Waals surface area (Å²) in [6.07, 6.45) is 5.69. The summed E-state index contributed by atoms with van der Waals surface area (Å²) in [6.45, 7) is 2.91. The summed E-state index contributed by atoms with van der Waals surface area (Å²) >= 11 is 7.75. The van der Waals surface area contributed by atoms with E-state index in [1.807, 2.05) is 41.9 Å². The Labute approximate surface area is 224 Å². The van der Waals surface area contributed by atoms with Crippen LogP contribution in [-0.4, -0.2) is 62.9 Å². The van der Waals surface area contributed by atoms with Gasteiger partial charge in [-0.25, -0.2) is 18.5 Å². The number of aromatic nitrogens is 2. The monoisotopic (exact) mass is 546 g/mol. The molecule has 0 aliphatic carbocycles. The predicted molar refractivity (Wildman–Crippen MR) is 149 cm³/mol. The van der Waals surface area contributed by atoms with Gasteiger partial charge in [-0.15, -0.1) is 11.8 Å². The van der Waals surface area contributed by atoms with Crippen molar-refractivity contribution in [1.82, 2.24) is 14.3 Å². The Balaban J connectivity index is 0.00000176. The zero-order valence-electron chi connectivity index (χ0n) is 20.8. The highest BCUT2D eigenvalue weighted by atomic mass is 35.5. The average molecular weight is 547 g/mol. The van der Waals surface area contributed by atoms with E-state index in [4.69, 9.17) is 16.7 Å². The average Bonchev–Trinajstić information content (AvgIpc) is 3.02. The number of fused-ring (bicyclic) bond motifs is 1. The molecule has 0 saturated heterocycles. The van der Waals surface area contributed by atoms with Gasteiger partial charge in [-0.05, 0) is 36.9 Å². The van der Waals surface area contributed by atoms with Gasteiger partial charge in [0.2, 0.25) is 0 Å². The minimum absolute atomic E-state index is 0.0216. The van der Waals surface area contributed by atoms with Crippen LogP contribution in [0.5, 0.6) is 0 Å². The minimum atomic E-state index is -1.38. The number of halogens is 1. The van der Waals surface area contributed by atoms with Gasteiger partial charge in [0.25, 0.3) is 0 Å². The molecular weight excluding hydrogens is 516 g/mol. The highest BCUT2D eigenvalue weighted by Crippen LogP contribution is 2.42. The first-order valence-electron chi connectivity index (χ1n) is 11.6. The second kappa shape index (κ2) is 13.3. The largest absolute Gasteiger partial charge is 0.400 e. The zero-order chi connectivity index (χ0) is 26.2. The van der Waals surface area contributed by atoms with E-state index in [9.17, 15) is 9.00 Å². The molecule has 0 fully saturated rings. The number of aldehydes is 1. The molecule has 2 aromatic carbocycles. The Morgan fingerprint density at radius 2 is 1.92 bits per heavy atom. The molecule has 0 bridgehead atoms. The second-order valence-corrected chi connectivity index (χ2v) is 10.9. The maximum Gasteiger partial charge on any atom is 0.194 e. The summed E-state index contributed by atoms with van der Waals surface area (Å²) in [6, 6.07) is 16.0. The number of aliphatic hydroxyl groups excluding tert-OH is 1. The van der Waals surface area contributed by atoms with Gasteiger partial charge in [0, 0.05) is 49.0 Å². The highest BCUT2D eigenvalue weighted by molar-refractivity contribution is 7.98. The fraction of sp³-hybridized carbons (Fsp3) is 0.346. The normalized spacial score (nSPS) is 17.6. The van der Waals surface area contributed by atoms with Crippen LogP contribution in [-0.2, 0) is 11.0 Å². The number of carbonyl (C=O) groups is 1. The van der Waals surface area contributed by atoms with Gasteiger partial charge < -0.3 is 10.0 Å². The van der Waals surface area contributed by atoms with Gasteiger partial charge in [0.1, 0.15) is 16.1 Å². The first kappa shape index (κ1) is 28.3. The molecule has 10 heteroatoms. The lowest BCUT2D eigenvalue weighted by molar-refractivity contribution is 0.111. The number of para-hydroxylation sites is 1. The van der Waals surface area contributed by atoms with Gasteiger partial charge in [-0.3, -0.25) is 4.79 Å². The third kappa shape index (κ3) is 6.15. The molecule has 192 valence electrons. The van der Waals surface area contributed by atoms with E-state index in [1.54, 1.807) is 17.8 Å². The molecule has 0 spiro atoms. The third-order valence-electron chi connectivity index (χ3n) is 5.98. The maximum atomic E-state index is 13.8. The molecule has 1 N–H and O–H groups in total. The number of thioether (sulfide) groups is 1. The number of rotatable bonds is 7. The molecule has 1 aliphatic heterocycles. The van der Waals surface area contributed by atoms with Gasteiger partial charge in [-0.1, -0.05) is 49.6 Å². The van der Waals surface area contributed by atoms with E-state index in [2.05, 4.69) is 40.0 Å². The van der Waals surface area contributed by atoms with Crippen molar-refractivity contribution < 1.29 is 14.1 Å². The quantitative estimate of drug-likeness (QED) is 0.234. The predicted octanol–water partition coefficient (Wildman–Crippen LogP) is 5.60. The van der Waals surface area contributed by atoms with Gasteiger partial charge >= 0.3 is 0 Å². The van der Waals surface area contributed by atoms with Crippen molar-refractivity contribution in [3.8, 4) is 11.3 Å². The van der Waals surface area contributed by atoms with Crippen molar-refractivity contribution in [2.75, 3.05) is 31.9 Å². The van der Waals surface area contributed by atoms with Crippen LogP contribution in [0.1, 0.15) is 36.8 Å². The molecule has 2 atom stereocenters. The standard InChI is InChI=1S/C25H27ClN4O2S2.CH4O/c1-4-5-9-18-15-30(17-10-7-6-8-11-17)21-14-22(33-3)19(12-23(21)34(32)29(18)2)20-13-24(26)28-25(16-31)27-20;1-2/h6-8,10-14,16,18H,4-5,9,15H2,1-3H3;2H,1H3. The SMILES string of the molecule is CCCCC1CN(c2ccccc2)c2cc(SC)c(-c3cc(Cl)nc(C=O)n3)cc2S(=O)N1C.CO. The number of hydrogen-bond donors (Lipinski definition) is 1. The summed E-state index contributed by atoms with van der Waals surface area (Å²) in [5.41, 5.74) is 3.29. The molecule has 36 heavy (non-hydrogen) atoms. The molecule has 0 radical (unpaired) electrons. The molecule has 2 heterocycles. The third-order valence-corrected chi connectivity index (χ3v) is 8.48. The van der Waals surface area contributed by atoms with Crippen molar-refractivity contribution in [2.24, 2.45) is 0 Å². The number of nitrogens with zero attached hydrogens (tertiary/aromatic N) is 4. The second-order valence-electron chi connectivity index (χ2n) is 8.11. The van der Waals surface area contributed by atoms with Crippen molar-refractivity contribution in [3.63, 3.8) is 0 Å². The van der Waals surface area contributed by atoms with E-state index in [1.165, 1.54) is 0 Å². The highest BCUT2D eigenvalue weighted by Gasteiger charge is 2.32. The van der Waals surface area contributed by atoms with Crippen LogP contribution < -0.4 is 4.90 Å². The number of likely N-dealkylation sites (N-methyl/N-ethyl adjacent to an activating group) is 1. The van der Waals surface area contributed by atoms with Crippen LogP contribution in [0.25, 0.3) is 11.3 Å². The molecule has 1 aromatic heterocycles. The number of anilines is 2. The van der Waals surface area contributed by atoms with Crippen molar-refractivity contribution >= 4 is 52.0 Å². The van der Waals surface area contributed by atoms with Gasteiger partial charge in [0.15, 0.2) is 12.1 Å². The lowest BCUT2D eigenvalue weighted by Gasteiger charge is -2.30. The van der Waals surface area contributed by atoms with E-state index >= 15 is 0 Å². The van der Waals surface area contributed by atoms with Crippen molar-refractivity contribution in [1.29, 1.82) is 0 Å². The smallest absolute Gasteiger partial charge is 0.194 e. The van der Waals surface area contributed by atoms with Crippen LogP contribution in [0.2, 0.25) is 5.15 Å². The summed E-state index contributed by atoms with van der Waals surface area (Å²) in [4.78, 5) is 23.6. The van der Waals surface area contributed by atoms with Crippen LogP contribution in [0.3, 0.4) is 0 Å². The van der Waals surface area contributed by atoms with Crippen LogP contribution in [0.15, 0.2) is 58.3 Å². The van der Waals surface area contributed by atoms with Crippen molar-refractivity contribution in [3.05, 3.63) is 59.5 Å². The zero-order valence-corrected chi connectivity index (χ0v) is 23.2. The van der Waals surface area contributed by atoms with E-state index in [-0.39, 0.29) is 17.0 Å². The number of aliphatic hydroxyl groups is 1. The molecule has 1 aliphatic rings. The number of hydrogen-bond acceptors (Lipinski definition) is 7. The summed E-state index contributed by atoms with van der Waals surface area (Å²) in [5.74, 6) is 0.0216. The maximum absolute atomic E-state index is 13.8. The molecular formula is C26H31ClN4O3S2. The minimum Gasteiger partial charge on any atom is -0.400 e.